The maximum absolute atomic E-state index is 12.7. The van der Waals surface area contributed by atoms with E-state index in [9.17, 15) is 8.42 Å². The molecule has 5 nitrogen and oxygen atoms in total. The second-order valence-corrected chi connectivity index (χ2v) is 6.85. The third-order valence-corrected chi connectivity index (χ3v) is 5.40. The highest BCUT2D eigenvalue weighted by Crippen LogP contribution is 2.25. The van der Waals surface area contributed by atoms with E-state index in [1.165, 1.54) is 10.4 Å². The molecular formula is C14H24N2O3S. The van der Waals surface area contributed by atoms with Gasteiger partial charge in [-0.2, -0.15) is 4.31 Å². The molecule has 0 unspecified atom stereocenters. The largest absolute Gasteiger partial charge is 0.399 e. The molecule has 0 amide bonds. The van der Waals surface area contributed by atoms with Crippen molar-refractivity contribution in [3.05, 3.63) is 23.3 Å². The molecule has 3 N–H and O–H groups in total. The minimum absolute atomic E-state index is 0.107. The number of aryl methyl sites for hydroxylation is 1. The number of unbranched alkanes of at least 4 members (excludes halogenated alkanes) is 1. The number of nitrogens with zero attached hydrogens (tertiary/aromatic N) is 1. The molecular weight excluding hydrogens is 276 g/mol. The Morgan fingerprint density at radius 3 is 2.45 bits per heavy atom. The van der Waals surface area contributed by atoms with E-state index >= 15 is 0 Å². The summed E-state index contributed by atoms with van der Waals surface area (Å²) in [6, 6.07) is 3.25. The first-order valence-corrected chi connectivity index (χ1v) is 8.26. The van der Waals surface area contributed by atoms with Gasteiger partial charge in [0.05, 0.1) is 11.5 Å². The molecule has 1 aromatic rings. The number of aliphatic hydroxyl groups is 1. The number of hydrogen-bond donors (Lipinski definition) is 2. The van der Waals surface area contributed by atoms with E-state index in [2.05, 4.69) is 0 Å². The van der Waals surface area contributed by atoms with Gasteiger partial charge in [0.25, 0.3) is 0 Å². The lowest BCUT2D eigenvalue weighted by Crippen LogP contribution is -2.35. The van der Waals surface area contributed by atoms with Gasteiger partial charge in [-0.15, -0.1) is 0 Å². The van der Waals surface area contributed by atoms with Crippen molar-refractivity contribution in [2.45, 2.75) is 38.5 Å². The van der Waals surface area contributed by atoms with Crippen LogP contribution in [-0.2, 0) is 10.0 Å². The van der Waals surface area contributed by atoms with Crippen molar-refractivity contribution in [3.8, 4) is 0 Å². The van der Waals surface area contributed by atoms with E-state index in [0.717, 1.165) is 18.4 Å². The first-order valence-electron chi connectivity index (χ1n) is 6.82. The van der Waals surface area contributed by atoms with Crippen molar-refractivity contribution < 1.29 is 13.5 Å². The van der Waals surface area contributed by atoms with Gasteiger partial charge >= 0.3 is 0 Å². The summed E-state index contributed by atoms with van der Waals surface area (Å²) in [4.78, 5) is 0.236. The van der Waals surface area contributed by atoms with Gasteiger partial charge in [-0.25, -0.2) is 8.42 Å². The second kappa shape index (κ2) is 7.06. The summed E-state index contributed by atoms with van der Waals surface area (Å²) in [5.74, 6) is 0. The molecule has 0 radical (unpaired) electrons. The lowest BCUT2D eigenvalue weighted by atomic mass is 10.1. The van der Waals surface area contributed by atoms with Crippen LogP contribution in [0.1, 0.15) is 30.9 Å². The molecule has 0 heterocycles. The average molecular weight is 300 g/mol. The lowest BCUT2D eigenvalue weighted by molar-refractivity contribution is 0.252. The van der Waals surface area contributed by atoms with E-state index in [-0.39, 0.29) is 18.0 Å². The maximum Gasteiger partial charge on any atom is 0.243 e. The second-order valence-electron chi connectivity index (χ2n) is 4.94. The van der Waals surface area contributed by atoms with Crippen LogP contribution in [0, 0.1) is 13.8 Å². The fourth-order valence-corrected chi connectivity index (χ4v) is 3.86. The highest BCUT2D eigenvalue weighted by atomic mass is 32.2. The fourth-order valence-electron chi connectivity index (χ4n) is 2.06. The van der Waals surface area contributed by atoms with Gasteiger partial charge in [-0.05, 0) is 43.5 Å². The Morgan fingerprint density at radius 2 is 1.90 bits per heavy atom. The molecule has 1 aromatic carbocycles. The lowest BCUT2D eigenvalue weighted by Gasteiger charge is -2.23. The number of aliphatic hydroxyl groups excluding tert-OH is 1. The molecule has 0 atom stereocenters. The van der Waals surface area contributed by atoms with E-state index in [0.29, 0.717) is 17.8 Å². The molecule has 0 aliphatic heterocycles. The van der Waals surface area contributed by atoms with E-state index in [1.54, 1.807) is 13.0 Å². The van der Waals surface area contributed by atoms with E-state index in [4.69, 9.17) is 10.8 Å². The molecule has 114 valence electrons. The monoisotopic (exact) mass is 300 g/mol. The summed E-state index contributed by atoms with van der Waals surface area (Å²) in [7, 11) is -3.62. The van der Waals surface area contributed by atoms with Crippen LogP contribution in [-0.4, -0.2) is 37.5 Å². The van der Waals surface area contributed by atoms with Crippen molar-refractivity contribution in [1.82, 2.24) is 4.31 Å². The van der Waals surface area contributed by atoms with Crippen LogP contribution in [0.15, 0.2) is 17.0 Å². The van der Waals surface area contributed by atoms with Crippen LogP contribution in [0.25, 0.3) is 0 Å². The Kier molecular flexibility index (Phi) is 5.98. The summed E-state index contributed by atoms with van der Waals surface area (Å²) >= 11 is 0. The fraction of sp³-hybridized carbons (Fsp3) is 0.571. The predicted molar refractivity (Wildman–Crippen MR) is 81.1 cm³/mol. The third-order valence-electron chi connectivity index (χ3n) is 3.37. The first-order chi connectivity index (χ1) is 9.34. The van der Waals surface area contributed by atoms with E-state index in [1.807, 2.05) is 13.8 Å². The minimum atomic E-state index is -3.62. The molecule has 20 heavy (non-hydrogen) atoms. The number of rotatable bonds is 7. The normalized spacial score (nSPS) is 12.1. The van der Waals surface area contributed by atoms with Crippen molar-refractivity contribution in [1.29, 1.82) is 0 Å². The Hall–Kier alpha value is -1.11. The molecule has 0 aliphatic rings. The van der Waals surface area contributed by atoms with Gasteiger partial charge < -0.3 is 10.8 Å². The Balaban J connectivity index is 3.25. The van der Waals surface area contributed by atoms with Gasteiger partial charge in [0.15, 0.2) is 0 Å². The molecule has 6 heteroatoms. The maximum atomic E-state index is 12.7. The highest BCUT2D eigenvalue weighted by molar-refractivity contribution is 7.89. The van der Waals surface area contributed by atoms with Crippen molar-refractivity contribution in [3.63, 3.8) is 0 Å². The SMILES string of the molecule is CCCCN(CCO)S(=O)(=O)c1cc(N)cc(C)c1C. The zero-order chi connectivity index (χ0) is 15.3. The number of nitrogens with two attached hydrogens (primary N) is 1. The first kappa shape index (κ1) is 16.9. The number of hydrogen-bond acceptors (Lipinski definition) is 4. The van der Waals surface area contributed by atoms with Crippen molar-refractivity contribution in [2.24, 2.45) is 0 Å². The number of nitrogen functional groups attached to an aromatic ring is 1. The van der Waals surface area contributed by atoms with Crippen LogP contribution in [0.4, 0.5) is 5.69 Å². The summed E-state index contributed by atoms with van der Waals surface area (Å²) in [6.45, 7) is 5.94. The Morgan fingerprint density at radius 1 is 1.25 bits per heavy atom. The molecule has 0 aliphatic carbocycles. The smallest absolute Gasteiger partial charge is 0.243 e. The Labute approximate surface area is 121 Å². The highest BCUT2D eigenvalue weighted by Gasteiger charge is 2.26. The van der Waals surface area contributed by atoms with Crippen LogP contribution in [0.3, 0.4) is 0 Å². The summed E-state index contributed by atoms with van der Waals surface area (Å²) < 4.78 is 26.8. The quantitative estimate of drug-likeness (QED) is 0.750. The van der Waals surface area contributed by atoms with Crippen LogP contribution < -0.4 is 5.73 Å². The zero-order valence-corrected chi connectivity index (χ0v) is 13.2. The molecule has 1 rings (SSSR count). The standard InChI is InChI=1S/C14H24N2O3S/c1-4-5-6-16(7-8-17)20(18,19)14-10-13(15)9-11(2)12(14)3/h9-10,17H,4-8,15H2,1-3H3. The number of benzene rings is 1. The summed E-state index contributed by atoms with van der Waals surface area (Å²) in [5.41, 5.74) is 7.76. The van der Waals surface area contributed by atoms with Gasteiger partial charge in [0.2, 0.25) is 10.0 Å². The van der Waals surface area contributed by atoms with Gasteiger partial charge in [0, 0.05) is 18.8 Å². The van der Waals surface area contributed by atoms with Crippen molar-refractivity contribution >= 4 is 15.7 Å². The molecule has 0 saturated carbocycles. The molecule has 0 fully saturated rings. The van der Waals surface area contributed by atoms with Gasteiger partial charge in [-0.3, -0.25) is 0 Å². The Bertz CT molecular complexity index is 556. The topological polar surface area (TPSA) is 83.6 Å². The van der Waals surface area contributed by atoms with Gasteiger partial charge in [-0.1, -0.05) is 13.3 Å². The van der Waals surface area contributed by atoms with Gasteiger partial charge in [0.1, 0.15) is 0 Å². The zero-order valence-electron chi connectivity index (χ0n) is 12.4. The summed E-state index contributed by atoms with van der Waals surface area (Å²) in [6.07, 6.45) is 1.66. The number of anilines is 1. The summed E-state index contributed by atoms with van der Waals surface area (Å²) in [5, 5.41) is 9.09. The predicted octanol–water partition coefficient (Wildman–Crippen LogP) is 1.67. The third kappa shape index (κ3) is 3.71. The molecule has 0 saturated heterocycles. The molecule has 0 bridgehead atoms. The van der Waals surface area contributed by atoms with Crippen LogP contribution >= 0.6 is 0 Å². The number of sulfonamides is 1. The van der Waals surface area contributed by atoms with Crippen molar-refractivity contribution in [2.75, 3.05) is 25.4 Å². The van der Waals surface area contributed by atoms with Crippen LogP contribution in [0.2, 0.25) is 0 Å². The van der Waals surface area contributed by atoms with Crippen LogP contribution in [0.5, 0.6) is 0 Å². The minimum Gasteiger partial charge on any atom is -0.399 e. The molecule has 0 spiro atoms. The van der Waals surface area contributed by atoms with E-state index < -0.39 is 10.0 Å². The molecule has 0 aromatic heterocycles. The average Bonchev–Trinajstić information content (AvgIpc) is 2.38.